The van der Waals surface area contributed by atoms with Gasteiger partial charge in [-0.2, -0.15) is 0 Å². The summed E-state index contributed by atoms with van der Waals surface area (Å²) in [6, 6.07) is -0.168. The lowest BCUT2D eigenvalue weighted by Crippen LogP contribution is -2.50. The Bertz CT molecular complexity index is 630. The highest BCUT2D eigenvalue weighted by atomic mass is 16.5. The predicted molar refractivity (Wildman–Crippen MR) is 95.5 cm³/mol. The molecule has 1 saturated heterocycles. The number of aromatic nitrogens is 2. The summed E-state index contributed by atoms with van der Waals surface area (Å²) in [6.07, 6.45) is 7.79. The number of hydrogen-bond acceptors (Lipinski definition) is 6. The Balaban J connectivity index is 1.55. The highest BCUT2D eigenvalue weighted by molar-refractivity contribution is 5.86. The van der Waals surface area contributed by atoms with Gasteiger partial charge in [-0.15, -0.1) is 0 Å². The number of nitrogens with one attached hydrogen (secondary N) is 1. The van der Waals surface area contributed by atoms with Gasteiger partial charge < -0.3 is 19.4 Å². The van der Waals surface area contributed by atoms with Crippen LogP contribution in [-0.4, -0.2) is 47.3 Å². The van der Waals surface area contributed by atoms with E-state index < -0.39 is 0 Å². The Hall–Kier alpha value is -1.89. The molecule has 1 aromatic heterocycles. The van der Waals surface area contributed by atoms with Crippen LogP contribution in [0, 0.1) is 17.8 Å². The quantitative estimate of drug-likeness (QED) is 0.779. The number of hydrogen-bond donors (Lipinski definition) is 1. The number of nitrogens with zero attached hydrogens (tertiary/aromatic N) is 2. The van der Waals surface area contributed by atoms with Crippen LogP contribution in [0.2, 0.25) is 0 Å². The Morgan fingerprint density at radius 2 is 2.00 bits per heavy atom. The van der Waals surface area contributed by atoms with Gasteiger partial charge in [0.05, 0.1) is 19.5 Å². The molecule has 1 saturated carbocycles. The first-order chi connectivity index (χ1) is 12.6. The zero-order chi connectivity index (χ0) is 18.5. The molecule has 2 aliphatic rings. The van der Waals surface area contributed by atoms with E-state index in [-0.39, 0.29) is 18.0 Å². The molecule has 2 fully saturated rings. The molecule has 0 unspecified atom stereocenters. The maximum absolute atomic E-state index is 12.0. The molecule has 0 bridgehead atoms. The summed E-state index contributed by atoms with van der Waals surface area (Å²) in [5.74, 6) is 1.25. The van der Waals surface area contributed by atoms with Gasteiger partial charge in [-0.05, 0) is 63.8 Å². The molecule has 1 aliphatic heterocycles. The van der Waals surface area contributed by atoms with Crippen LogP contribution < -0.4 is 5.32 Å². The predicted octanol–water partition coefficient (Wildman–Crippen LogP) is 2.02. The summed E-state index contributed by atoms with van der Waals surface area (Å²) in [5.41, 5.74) is 0.366. The number of carbonyl (C=O) groups excluding carboxylic acids is 2. The number of imidazole rings is 1. The van der Waals surface area contributed by atoms with E-state index in [9.17, 15) is 9.59 Å². The molecule has 7 nitrogen and oxygen atoms in total. The van der Waals surface area contributed by atoms with Crippen molar-refractivity contribution in [3.8, 4) is 0 Å². The largest absolute Gasteiger partial charge is 0.465 e. The summed E-state index contributed by atoms with van der Waals surface area (Å²) in [7, 11) is 0. The summed E-state index contributed by atoms with van der Waals surface area (Å²) in [4.78, 5) is 27.9. The average Bonchev–Trinajstić information content (AvgIpc) is 3.10. The van der Waals surface area contributed by atoms with Crippen LogP contribution in [0.3, 0.4) is 0 Å². The van der Waals surface area contributed by atoms with Gasteiger partial charge in [0.25, 0.3) is 0 Å². The van der Waals surface area contributed by atoms with E-state index in [1.165, 1.54) is 12.8 Å². The summed E-state index contributed by atoms with van der Waals surface area (Å²) in [5, 5.41) is 3.35. The Morgan fingerprint density at radius 3 is 2.77 bits per heavy atom. The van der Waals surface area contributed by atoms with Gasteiger partial charge in [0, 0.05) is 12.7 Å². The number of esters is 2. The van der Waals surface area contributed by atoms with Crippen molar-refractivity contribution < 1.29 is 19.1 Å². The molecule has 1 N–H and O–H groups in total. The topological polar surface area (TPSA) is 82.5 Å². The van der Waals surface area contributed by atoms with Crippen LogP contribution in [0.4, 0.5) is 0 Å². The minimum Gasteiger partial charge on any atom is -0.465 e. The fraction of sp³-hybridized carbons (Fsp3) is 0.737. The van der Waals surface area contributed by atoms with Crippen LogP contribution in [0.1, 0.15) is 50.0 Å². The molecule has 0 radical (unpaired) electrons. The number of rotatable bonds is 6. The van der Waals surface area contributed by atoms with Crippen molar-refractivity contribution in [2.45, 2.75) is 52.1 Å². The van der Waals surface area contributed by atoms with Crippen LogP contribution >= 0.6 is 0 Å². The van der Waals surface area contributed by atoms with Gasteiger partial charge in [-0.25, -0.2) is 9.78 Å². The van der Waals surface area contributed by atoms with Gasteiger partial charge in [-0.1, -0.05) is 0 Å². The summed E-state index contributed by atoms with van der Waals surface area (Å²) >= 11 is 0. The highest BCUT2D eigenvalue weighted by Gasteiger charge is 2.38. The molecular weight excluding hydrogens is 334 g/mol. The standard InChI is InChI=1S/C19H29N3O4/c1-3-25-18(23)16-8-15-7-13(5-6-14(15)9-20-16)10-22-11-17(21-12-22)19(24)26-4-2/h11-16,20H,3-10H2,1-2H3/t13-,14-,15+,16-/m0/s1. The molecule has 4 atom stereocenters. The van der Waals surface area contributed by atoms with Crippen molar-refractivity contribution in [2.24, 2.45) is 17.8 Å². The average molecular weight is 363 g/mol. The second-order valence-electron chi connectivity index (χ2n) is 7.32. The lowest BCUT2D eigenvalue weighted by Gasteiger charge is -2.42. The number of fused-ring (bicyclic) bond motifs is 1. The zero-order valence-corrected chi connectivity index (χ0v) is 15.6. The lowest BCUT2D eigenvalue weighted by atomic mass is 9.69. The molecule has 0 amide bonds. The van der Waals surface area contributed by atoms with E-state index in [4.69, 9.17) is 9.47 Å². The van der Waals surface area contributed by atoms with Crippen molar-refractivity contribution in [2.75, 3.05) is 19.8 Å². The fourth-order valence-corrected chi connectivity index (χ4v) is 4.32. The van der Waals surface area contributed by atoms with E-state index in [0.717, 1.165) is 25.9 Å². The Morgan fingerprint density at radius 1 is 1.19 bits per heavy atom. The molecule has 1 aliphatic carbocycles. The Kier molecular flexibility index (Phi) is 6.29. The van der Waals surface area contributed by atoms with E-state index in [0.29, 0.717) is 36.7 Å². The van der Waals surface area contributed by atoms with Gasteiger partial charge in [0.1, 0.15) is 6.04 Å². The smallest absolute Gasteiger partial charge is 0.358 e. The molecular formula is C19H29N3O4. The van der Waals surface area contributed by atoms with E-state index in [1.54, 1.807) is 19.4 Å². The second-order valence-corrected chi connectivity index (χ2v) is 7.32. The first-order valence-electron chi connectivity index (χ1n) is 9.69. The van der Waals surface area contributed by atoms with Gasteiger partial charge >= 0.3 is 11.9 Å². The summed E-state index contributed by atoms with van der Waals surface area (Å²) in [6.45, 7) is 6.17. The lowest BCUT2D eigenvalue weighted by molar-refractivity contribution is -0.147. The number of ether oxygens (including phenoxy) is 2. The molecule has 1 aromatic rings. The van der Waals surface area contributed by atoms with Crippen LogP contribution in [-0.2, 0) is 20.8 Å². The van der Waals surface area contributed by atoms with Crippen LogP contribution in [0.25, 0.3) is 0 Å². The van der Waals surface area contributed by atoms with Gasteiger partial charge in [0.2, 0.25) is 0 Å². The number of piperidine rings is 1. The monoisotopic (exact) mass is 363 g/mol. The van der Waals surface area contributed by atoms with E-state index >= 15 is 0 Å². The minimum absolute atomic E-state index is 0.123. The maximum Gasteiger partial charge on any atom is 0.358 e. The second kappa shape index (κ2) is 8.66. The van der Waals surface area contributed by atoms with Crippen molar-refractivity contribution in [3.63, 3.8) is 0 Å². The Labute approximate surface area is 154 Å². The minimum atomic E-state index is -0.370. The van der Waals surface area contributed by atoms with Crippen molar-refractivity contribution in [3.05, 3.63) is 18.2 Å². The first kappa shape index (κ1) is 18.9. The third-order valence-corrected chi connectivity index (χ3v) is 5.57. The molecule has 7 heteroatoms. The normalized spacial score (nSPS) is 28.2. The molecule has 144 valence electrons. The highest BCUT2D eigenvalue weighted by Crippen LogP contribution is 2.39. The third-order valence-electron chi connectivity index (χ3n) is 5.57. The van der Waals surface area contributed by atoms with Crippen molar-refractivity contribution in [1.82, 2.24) is 14.9 Å². The zero-order valence-electron chi connectivity index (χ0n) is 15.6. The SMILES string of the molecule is CCOC(=O)c1cn(C[C@H]2CC[C@H]3CN[C@H](C(=O)OCC)C[C@H]3C2)cn1. The van der Waals surface area contributed by atoms with Gasteiger partial charge in [-0.3, -0.25) is 4.79 Å². The van der Waals surface area contributed by atoms with Crippen molar-refractivity contribution in [1.29, 1.82) is 0 Å². The summed E-state index contributed by atoms with van der Waals surface area (Å²) < 4.78 is 12.1. The first-order valence-corrected chi connectivity index (χ1v) is 9.69. The van der Waals surface area contributed by atoms with Crippen LogP contribution in [0.15, 0.2) is 12.5 Å². The molecule has 26 heavy (non-hydrogen) atoms. The molecule has 0 aromatic carbocycles. The third kappa shape index (κ3) is 4.44. The van der Waals surface area contributed by atoms with Crippen LogP contribution in [0.5, 0.6) is 0 Å². The van der Waals surface area contributed by atoms with Crippen molar-refractivity contribution >= 4 is 11.9 Å². The number of carbonyl (C=O) groups is 2. The fourth-order valence-electron chi connectivity index (χ4n) is 4.32. The van der Waals surface area contributed by atoms with E-state index in [1.807, 2.05) is 11.5 Å². The maximum atomic E-state index is 12.0. The van der Waals surface area contributed by atoms with Gasteiger partial charge in [0.15, 0.2) is 5.69 Å². The molecule has 0 spiro atoms. The van der Waals surface area contributed by atoms with E-state index in [2.05, 4.69) is 10.3 Å². The molecule has 3 rings (SSSR count). The molecule has 2 heterocycles.